The Balaban J connectivity index is 3.47. The second-order valence-corrected chi connectivity index (χ2v) is 3.01. The van der Waals surface area contributed by atoms with Crippen LogP contribution in [0.3, 0.4) is 0 Å². The first-order chi connectivity index (χ1) is 6.11. The molecule has 0 aromatic heterocycles. The highest BCUT2D eigenvalue weighted by Crippen LogP contribution is 1.99. The first kappa shape index (κ1) is 12.4. The summed E-state index contributed by atoms with van der Waals surface area (Å²) in [5.74, 6) is -0.382. The fourth-order valence-corrected chi connectivity index (χ4v) is 0.783. The Bertz CT molecular complexity index is 150. The van der Waals surface area contributed by atoms with Gasteiger partial charge in [0.25, 0.3) is 0 Å². The minimum atomic E-state index is -0.561. The molecule has 0 aromatic rings. The molecule has 0 radical (unpaired) electrons. The van der Waals surface area contributed by atoms with Crippen LogP contribution in [-0.4, -0.2) is 31.8 Å². The highest BCUT2D eigenvalue weighted by molar-refractivity contribution is 5.75. The maximum atomic E-state index is 10.9. The molecule has 2 unspecified atom stereocenters. The van der Waals surface area contributed by atoms with Crippen molar-refractivity contribution in [3.8, 4) is 0 Å². The topological polar surface area (TPSA) is 61.5 Å². The van der Waals surface area contributed by atoms with E-state index in [4.69, 9.17) is 10.5 Å². The Morgan fingerprint density at radius 3 is 2.62 bits per heavy atom. The van der Waals surface area contributed by atoms with Crippen LogP contribution in [0.1, 0.15) is 26.7 Å². The third-order valence-corrected chi connectivity index (χ3v) is 1.91. The number of carbonyl (C=O) groups is 1. The van der Waals surface area contributed by atoms with Gasteiger partial charge in [-0.2, -0.15) is 0 Å². The van der Waals surface area contributed by atoms with Gasteiger partial charge >= 0.3 is 5.97 Å². The summed E-state index contributed by atoms with van der Waals surface area (Å²) in [6.45, 7) is 4.54. The van der Waals surface area contributed by atoms with Gasteiger partial charge in [0.1, 0.15) is 6.04 Å². The molecular formula is C9H19NO3. The van der Waals surface area contributed by atoms with Gasteiger partial charge in [0.05, 0.1) is 13.2 Å². The molecular weight excluding hydrogens is 170 g/mol. The van der Waals surface area contributed by atoms with Crippen molar-refractivity contribution in [2.24, 2.45) is 5.73 Å². The Kier molecular flexibility index (Phi) is 6.54. The summed E-state index contributed by atoms with van der Waals surface area (Å²) in [6, 6.07) is -0.561. The first-order valence-electron chi connectivity index (χ1n) is 4.56. The zero-order valence-electron chi connectivity index (χ0n) is 8.58. The molecule has 0 aliphatic rings. The molecule has 0 aliphatic heterocycles. The Labute approximate surface area is 79.4 Å². The lowest BCUT2D eigenvalue weighted by Gasteiger charge is -2.12. The predicted molar refractivity (Wildman–Crippen MR) is 50.3 cm³/mol. The lowest BCUT2D eigenvalue weighted by Crippen LogP contribution is -2.33. The summed E-state index contributed by atoms with van der Waals surface area (Å²) in [5.41, 5.74) is 5.50. The summed E-state index contributed by atoms with van der Waals surface area (Å²) >= 11 is 0. The molecule has 0 saturated heterocycles. The maximum absolute atomic E-state index is 10.9. The number of nitrogens with two attached hydrogens (primary N) is 1. The van der Waals surface area contributed by atoms with E-state index in [9.17, 15) is 4.79 Å². The van der Waals surface area contributed by atoms with Crippen molar-refractivity contribution in [1.82, 2.24) is 0 Å². The molecule has 0 spiro atoms. The van der Waals surface area contributed by atoms with Gasteiger partial charge in [-0.05, 0) is 19.8 Å². The Hall–Kier alpha value is -0.610. The van der Waals surface area contributed by atoms with E-state index in [0.29, 0.717) is 13.0 Å². The molecule has 0 heterocycles. The van der Waals surface area contributed by atoms with Crippen molar-refractivity contribution in [2.45, 2.75) is 38.8 Å². The van der Waals surface area contributed by atoms with Gasteiger partial charge in [0.2, 0.25) is 0 Å². The molecule has 0 bridgehead atoms. The number of esters is 1. The van der Waals surface area contributed by atoms with Gasteiger partial charge in [-0.1, -0.05) is 6.92 Å². The summed E-state index contributed by atoms with van der Waals surface area (Å²) in [4.78, 5) is 10.9. The van der Waals surface area contributed by atoms with E-state index in [1.807, 2.05) is 13.8 Å². The lowest BCUT2D eigenvalue weighted by atomic mass is 10.2. The number of ether oxygens (including phenoxy) is 2. The quantitative estimate of drug-likeness (QED) is 0.624. The molecule has 0 rings (SSSR count). The Morgan fingerprint density at radius 2 is 2.15 bits per heavy atom. The van der Waals surface area contributed by atoms with E-state index in [1.54, 1.807) is 0 Å². The highest BCUT2D eigenvalue weighted by Gasteiger charge is 2.13. The molecule has 0 fully saturated rings. The van der Waals surface area contributed by atoms with E-state index in [-0.39, 0.29) is 12.1 Å². The fourth-order valence-electron chi connectivity index (χ4n) is 0.783. The molecule has 2 N–H and O–H groups in total. The second-order valence-electron chi connectivity index (χ2n) is 3.01. The van der Waals surface area contributed by atoms with Crippen LogP contribution in [0.2, 0.25) is 0 Å². The van der Waals surface area contributed by atoms with Crippen LogP contribution in [0.5, 0.6) is 0 Å². The zero-order valence-corrected chi connectivity index (χ0v) is 8.58. The second kappa shape index (κ2) is 6.86. The van der Waals surface area contributed by atoms with Crippen molar-refractivity contribution in [3.05, 3.63) is 0 Å². The molecule has 2 atom stereocenters. The van der Waals surface area contributed by atoms with Gasteiger partial charge in [-0.15, -0.1) is 0 Å². The van der Waals surface area contributed by atoms with Crippen molar-refractivity contribution < 1.29 is 14.3 Å². The van der Waals surface area contributed by atoms with Crippen LogP contribution < -0.4 is 5.73 Å². The maximum Gasteiger partial charge on any atom is 0.322 e. The summed E-state index contributed by atoms with van der Waals surface area (Å²) in [5, 5.41) is 0. The van der Waals surface area contributed by atoms with Crippen molar-refractivity contribution in [3.63, 3.8) is 0 Å². The van der Waals surface area contributed by atoms with Crippen molar-refractivity contribution in [2.75, 3.05) is 13.7 Å². The summed E-state index contributed by atoms with van der Waals surface area (Å²) < 4.78 is 9.85. The smallest absolute Gasteiger partial charge is 0.322 e. The van der Waals surface area contributed by atoms with Crippen LogP contribution in [0.4, 0.5) is 0 Å². The molecule has 4 heteroatoms. The van der Waals surface area contributed by atoms with E-state index in [0.717, 1.165) is 6.42 Å². The largest absolute Gasteiger partial charge is 0.468 e. The average molecular weight is 189 g/mol. The van der Waals surface area contributed by atoms with E-state index >= 15 is 0 Å². The van der Waals surface area contributed by atoms with Gasteiger partial charge < -0.3 is 15.2 Å². The first-order valence-corrected chi connectivity index (χ1v) is 4.56. The third kappa shape index (κ3) is 5.60. The van der Waals surface area contributed by atoms with Crippen molar-refractivity contribution >= 4 is 5.97 Å². The Morgan fingerprint density at radius 1 is 1.54 bits per heavy atom. The molecule has 0 saturated carbocycles. The minimum Gasteiger partial charge on any atom is -0.468 e. The van der Waals surface area contributed by atoms with Gasteiger partial charge in [0.15, 0.2) is 0 Å². The molecule has 78 valence electrons. The lowest BCUT2D eigenvalue weighted by molar-refractivity contribution is -0.142. The minimum absolute atomic E-state index is 0.227. The molecule has 13 heavy (non-hydrogen) atoms. The van der Waals surface area contributed by atoms with Gasteiger partial charge in [-0.25, -0.2) is 0 Å². The standard InChI is InChI=1S/C9H19NO3/c1-4-7(2)13-6-5-8(10)9(11)12-3/h7-8H,4-6,10H2,1-3H3. The number of hydrogen-bond donors (Lipinski definition) is 1. The third-order valence-electron chi connectivity index (χ3n) is 1.91. The summed E-state index contributed by atoms with van der Waals surface area (Å²) in [6.07, 6.45) is 1.70. The van der Waals surface area contributed by atoms with Crippen LogP contribution in [-0.2, 0) is 14.3 Å². The number of hydrogen-bond acceptors (Lipinski definition) is 4. The zero-order chi connectivity index (χ0) is 10.3. The monoisotopic (exact) mass is 189 g/mol. The van der Waals surface area contributed by atoms with Crippen LogP contribution in [0.15, 0.2) is 0 Å². The number of carbonyl (C=O) groups excluding carboxylic acids is 1. The fraction of sp³-hybridized carbons (Fsp3) is 0.889. The highest BCUT2D eigenvalue weighted by atomic mass is 16.5. The van der Waals surface area contributed by atoms with Crippen LogP contribution >= 0.6 is 0 Å². The molecule has 0 amide bonds. The van der Waals surface area contributed by atoms with Crippen LogP contribution in [0, 0.1) is 0 Å². The molecule has 0 aliphatic carbocycles. The molecule has 4 nitrogen and oxygen atoms in total. The summed E-state index contributed by atoms with van der Waals surface area (Å²) in [7, 11) is 1.33. The number of methoxy groups -OCH3 is 1. The van der Waals surface area contributed by atoms with Crippen molar-refractivity contribution in [1.29, 1.82) is 0 Å². The normalized spacial score (nSPS) is 15.1. The van der Waals surface area contributed by atoms with Crippen LogP contribution in [0.25, 0.3) is 0 Å². The number of rotatable bonds is 6. The average Bonchev–Trinajstić information content (AvgIpc) is 2.15. The van der Waals surface area contributed by atoms with E-state index in [1.165, 1.54) is 7.11 Å². The predicted octanol–water partition coefficient (Wildman–Crippen LogP) is 0.692. The van der Waals surface area contributed by atoms with Gasteiger partial charge in [0, 0.05) is 6.61 Å². The van der Waals surface area contributed by atoms with E-state index < -0.39 is 6.04 Å². The SMILES string of the molecule is CCC(C)OCCC(N)C(=O)OC. The van der Waals surface area contributed by atoms with E-state index in [2.05, 4.69) is 4.74 Å². The molecule has 0 aromatic carbocycles. The van der Waals surface area contributed by atoms with Gasteiger partial charge in [-0.3, -0.25) is 4.79 Å².